The van der Waals surface area contributed by atoms with E-state index >= 15 is 0 Å². The Kier molecular flexibility index (Phi) is 5.88. The summed E-state index contributed by atoms with van der Waals surface area (Å²) in [6, 6.07) is 7.53. The molecule has 1 N–H and O–H groups in total. The summed E-state index contributed by atoms with van der Waals surface area (Å²) in [6.45, 7) is 6.32. The summed E-state index contributed by atoms with van der Waals surface area (Å²) in [4.78, 5) is 17.9. The van der Waals surface area contributed by atoms with Crippen LogP contribution in [0, 0.1) is 0 Å². The van der Waals surface area contributed by atoms with E-state index in [1.807, 2.05) is 0 Å². The molecule has 178 valence electrons. The largest absolute Gasteiger partial charge is 0.455 e. The van der Waals surface area contributed by atoms with Crippen LogP contribution in [-0.2, 0) is 10.5 Å². The summed E-state index contributed by atoms with van der Waals surface area (Å²) < 4.78 is 53.8. The molecule has 1 saturated heterocycles. The lowest BCUT2D eigenvalue weighted by molar-refractivity contribution is -0.239. The van der Waals surface area contributed by atoms with Crippen LogP contribution < -0.4 is 10.1 Å². The lowest BCUT2D eigenvalue weighted by Crippen LogP contribution is -2.51. The van der Waals surface area contributed by atoms with Crippen LogP contribution in [0.15, 0.2) is 36.5 Å². The second-order valence-corrected chi connectivity index (χ2v) is 9.67. The van der Waals surface area contributed by atoms with Crippen LogP contribution in [0.1, 0.15) is 50.8 Å². The van der Waals surface area contributed by atoms with E-state index in [9.17, 15) is 18.0 Å². The molecule has 2 aliphatic rings. The topological polar surface area (TPSA) is 63.7 Å². The van der Waals surface area contributed by atoms with Gasteiger partial charge in [0.05, 0.1) is 10.7 Å². The lowest BCUT2D eigenvalue weighted by atomic mass is 9.88. The second kappa shape index (κ2) is 8.27. The number of benzene rings is 1. The maximum atomic E-state index is 14.3. The van der Waals surface area contributed by atoms with Crippen molar-refractivity contribution < 1.29 is 27.4 Å². The number of likely N-dealkylation sites (tertiary alicyclic amines) is 1. The number of piperidine rings is 1. The van der Waals surface area contributed by atoms with Crippen molar-refractivity contribution in [3.05, 3.63) is 52.8 Å². The van der Waals surface area contributed by atoms with Crippen LogP contribution in [0.25, 0.3) is 0 Å². The van der Waals surface area contributed by atoms with Crippen molar-refractivity contribution in [3.8, 4) is 5.75 Å². The second-order valence-electron chi connectivity index (χ2n) is 9.23. The normalized spacial score (nSPS) is 21.2. The molecule has 10 heteroatoms. The van der Waals surface area contributed by atoms with Crippen molar-refractivity contribution in [2.75, 3.05) is 18.4 Å². The average Bonchev–Trinajstić information content (AvgIpc) is 3.14. The molecule has 2 aliphatic heterocycles. The van der Waals surface area contributed by atoms with Gasteiger partial charge in [-0.05, 0) is 63.3 Å². The van der Waals surface area contributed by atoms with Crippen LogP contribution >= 0.6 is 11.6 Å². The van der Waals surface area contributed by atoms with E-state index in [0.29, 0.717) is 31.6 Å². The van der Waals surface area contributed by atoms with Gasteiger partial charge in [0.15, 0.2) is 0 Å². The molecule has 1 atom stereocenters. The van der Waals surface area contributed by atoms with Gasteiger partial charge in [-0.1, -0.05) is 23.7 Å². The standard InChI is InChI=1S/C23H25ClF3N3O3/c1-21(2,3)33-20(31)30-11-9-14(10-12-30)16-5-4-6-17-19(16)29-22(32-17,23(25,26)27)18-8-7-15(24)13-28-18/h4-8,13-14,29H,9-12H2,1-3H3. The summed E-state index contributed by atoms with van der Waals surface area (Å²) in [5.41, 5.74) is -2.72. The monoisotopic (exact) mass is 483 g/mol. The Morgan fingerprint density at radius 2 is 1.91 bits per heavy atom. The molecule has 6 nitrogen and oxygen atoms in total. The quantitative estimate of drug-likeness (QED) is 0.561. The van der Waals surface area contributed by atoms with Crippen molar-refractivity contribution in [2.45, 2.75) is 57.0 Å². The number of nitrogens with zero attached hydrogens (tertiary/aromatic N) is 2. The molecular formula is C23H25ClF3N3O3. The first kappa shape index (κ1) is 23.5. The minimum atomic E-state index is -4.79. The third kappa shape index (κ3) is 4.55. The first-order valence-corrected chi connectivity index (χ1v) is 11.0. The molecule has 3 heterocycles. The van der Waals surface area contributed by atoms with Crippen molar-refractivity contribution in [1.82, 2.24) is 9.88 Å². The molecule has 0 saturated carbocycles. The number of carbonyl (C=O) groups excluding carboxylic acids is 1. The van der Waals surface area contributed by atoms with Crippen molar-refractivity contribution in [3.63, 3.8) is 0 Å². The number of fused-ring (bicyclic) bond motifs is 1. The predicted octanol–water partition coefficient (Wildman–Crippen LogP) is 6.07. The highest BCUT2D eigenvalue weighted by atomic mass is 35.5. The van der Waals surface area contributed by atoms with Crippen LogP contribution in [0.2, 0.25) is 5.02 Å². The summed E-state index contributed by atoms with van der Waals surface area (Å²) in [5.74, 6) is 0.0631. The van der Waals surface area contributed by atoms with Crippen molar-refractivity contribution >= 4 is 23.4 Å². The molecule has 2 aromatic rings. The molecule has 0 radical (unpaired) electrons. The summed E-state index contributed by atoms with van der Waals surface area (Å²) in [6.07, 6.45) is -2.83. The SMILES string of the molecule is CC(C)(C)OC(=O)N1CCC(c2cccc3c2NC(c2ccc(Cl)cn2)(C(F)(F)F)O3)CC1. The fraction of sp³-hybridized carbons (Fsp3) is 0.478. The van der Waals surface area contributed by atoms with E-state index in [1.54, 1.807) is 37.8 Å². The number of pyridine rings is 1. The van der Waals surface area contributed by atoms with Gasteiger partial charge in [-0.2, -0.15) is 13.2 Å². The van der Waals surface area contributed by atoms with Crippen LogP contribution in [-0.4, -0.2) is 40.8 Å². The van der Waals surface area contributed by atoms with Crippen molar-refractivity contribution in [1.29, 1.82) is 0 Å². The molecule has 0 bridgehead atoms. The Bertz CT molecular complexity index is 1030. The van der Waals surface area contributed by atoms with E-state index in [2.05, 4.69) is 10.3 Å². The number of amides is 1. The molecule has 0 spiro atoms. The molecule has 33 heavy (non-hydrogen) atoms. The van der Waals surface area contributed by atoms with Gasteiger partial charge >= 0.3 is 18.0 Å². The van der Waals surface area contributed by atoms with Gasteiger partial charge in [-0.15, -0.1) is 0 Å². The number of nitrogens with one attached hydrogen (secondary N) is 1. The van der Waals surface area contributed by atoms with E-state index in [-0.39, 0.29) is 28.5 Å². The van der Waals surface area contributed by atoms with Crippen LogP contribution in [0.3, 0.4) is 0 Å². The van der Waals surface area contributed by atoms with Crippen LogP contribution in [0.4, 0.5) is 23.7 Å². The smallest absolute Gasteiger partial charge is 0.451 e. The molecule has 1 aromatic carbocycles. The maximum Gasteiger partial charge on any atom is 0.455 e. The van der Waals surface area contributed by atoms with Gasteiger partial charge in [0.1, 0.15) is 17.0 Å². The van der Waals surface area contributed by atoms with Gasteiger partial charge in [-0.3, -0.25) is 4.98 Å². The zero-order valence-electron chi connectivity index (χ0n) is 18.5. The Labute approximate surface area is 195 Å². The molecule has 1 amide bonds. The Hall–Kier alpha value is -2.68. The molecule has 1 unspecified atom stereocenters. The highest BCUT2D eigenvalue weighted by molar-refractivity contribution is 6.30. The van der Waals surface area contributed by atoms with E-state index in [4.69, 9.17) is 21.1 Å². The van der Waals surface area contributed by atoms with Gasteiger partial charge in [-0.25, -0.2) is 4.79 Å². The van der Waals surface area contributed by atoms with Crippen LogP contribution in [0.5, 0.6) is 5.75 Å². The van der Waals surface area contributed by atoms with Gasteiger partial charge in [0.25, 0.3) is 0 Å². The van der Waals surface area contributed by atoms with Gasteiger partial charge in [0.2, 0.25) is 0 Å². The lowest BCUT2D eigenvalue weighted by Gasteiger charge is -2.34. The molecule has 1 fully saturated rings. The fourth-order valence-electron chi connectivity index (χ4n) is 4.15. The molecule has 0 aliphatic carbocycles. The van der Waals surface area contributed by atoms with Crippen molar-refractivity contribution in [2.24, 2.45) is 0 Å². The van der Waals surface area contributed by atoms with E-state index < -0.39 is 17.5 Å². The first-order chi connectivity index (χ1) is 15.4. The highest BCUT2D eigenvalue weighted by Crippen LogP contribution is 2.52. The Morgan fingerprint density at radius 3 is 2.48 bits per heavy atom. The molecule has 1 aromatic heterocycles. The minimum Gasteiger partial charge on any atom is -0.451 e. The zero-order chi connectivity index (χ0) is 24.0. The Morgan fingerprint density at radius 1 is 1.21 bits per heavy atom. The van der Waals surface area contributed by atoms with Gasteiger partial charge in [0, 0.05) is 19.3 Å². The number of aromatic nitrogens is 1. The Balaban J connectivity index is 1.57. The van der Waals surface area contributed by atoms with Gasteiger partial charge < -0.3 is 19.7 Å². The summed E-state index contributed by atoms with van der Waals surface area (Å²) in [5, 5.41) is 2.82. The number of para-hydroxylation sites is 1. The third-order valence-electron chi connectivity index (χ3n) is 5.70. The number of halogens is 4. The van der Waals surface area contributed by atoms with E-state index in [1.165, 1.54) is 18.2 Å². The molecule has 4 rings (SSSR count). The number of carbonyl (C=O) groups is 1. The minimum absolute atomic E-state index is 0.0445. The average molecular weight is 484 g/mol. The highest BCUT2D eigenvalue weighted by Gasteiger charge is 2.63. The number of hydrogen-bond acceptors (Lipinski definition) is 5. The third-order valence-corrected chi connectivity index (χ3v) is 5.92. The number of ether oxygens (including phenoxy) is 2. The number of alkyl halides is 3. The summed E-state index contributed by atoms with van der Waals surface area (Å²) >= 11 is 5.82. The summed E-state index contributed by atoms with van der Waals surface area (Å²) in [7, 11) is 0. The fourth-order valence-corrected chi connectivity index (χ4v) is 4.26. The van der Waals surface area contributed by atoms with E-state index in [0.717, 1.165) is 11.8 Å². The first-order valence-electron chi connectivity index (χ1n) is 10.7. The predicted molar refractivity (Wildman–Crippen MR) is 117 cm³/mol. The number of rotatable bonds is 2. The number of anilines is 1. The number of hydrogen-bond donors (Lipinski definition) is 1. The zero-order valence-corrected chi connectivity index (χ0v) is 19.3. The maximum absolute atomic E-state index is 14.3. The molecular weight excluding hydrogens is 459 g/mol.